The highest BCUT2D eigenvalue weighted by molar-refractivity contribution is 6.00. The molecular formula is C26H24ClFN6O3. The third kappa shape index (κ3) is 4.61. The number of aromatic amines is 1. The molecule has 9 nitrogen and oxygen atoms in total. The summed E-state index contributed by atoms with van der Waals surface area (Å²) in [7, 11) is 0. The third-order valence-electron chi connectivity index (χ3n) is 6.69. The number of carbonyl (C=O) groups excluding carboxylic acids is 1. The number of hydrogen-bond acceptors (Lipinski definition) is 7. The lowest BCUT2D eigenvalue weighted by molar-refractivity contribution is -0.110. The maximum Gasteiger partial charge on any atom is 0.362 e. The van der Waals surface area contributed by atoms with Crippen molar-refractivity contribution in [2.24, 2.45) is 0 Å². The molecule has 0 spiro atoms. The quantitative estimate of drug-likeness (QED) is 0.260. The Hall–Kier alpha value is -4.02. The Morgan fingerprint density at radius 1 is 1.11 bits per heavy atom. The zero-order valence-electron chi connectivity index (χ0n) is 19.7. The number of piperazine rings is 1. The van der Waals surface area contributed by atoms with E-state index in [1.807, 2.05) is 18.2 Å². The highest BCUT2D eigenvalue weighted by atomic mass is 35.5. The lowest BCUT2D eigenvalue weighted by Crippen LogP contribution is -2.49. The van der Waals surface area contributed by atoms with E-state index in [4.69, 9.17) is 4.42 Å². The Balaban J connectivity index is 0.00000280. The first-order valence-electron chi connectivity index (χ1n) is 11.7. The van der Waals surface area contributed by atoms with Gasteiger partial charge in [0.2, 0.25) is 6.41 Å². The molecule has 11 heteroatoms. The van der Waals surface area contributed by atoms with E-state index in [0.717, 1.165) is 35.1 Å². The summed E-state index contributed by atoms with van der Waals surface area (Å²) >= 11 is 0. The van der Waals surface area contributed by atoms with E-state index >= 15 is 0 Å². The number of anilines is 1. The van der Waals surface area contributed by atoms with Gasteiger partial charge in [0.15, 0.2) is 5.52 Å². The van der Waals surface area contributed by atoms with Crippen molar-refractivity contribution in [2.75, 3.05) is 37.6 Å². The number of carbonyl (C=O) groups is 1. The highest BCUT2D eigenvalue weighted by Crippen LogP contribution is 2.27. The molecule has 5 aromatic rings. The number of aromatic nitrogens is 3. The van der Waals surface area contributed by atoms with Gasteiger partial charge < -0.3 is 19.6 Å². The minimum atomic E-state index is -0.500. The summed E-state index contributed by atoms with van der Waals surface area (Å²) < 4.78 is 19.3. The number of nitrogens with zero attached hydrogens (tertiary/aromatic N) is 4. The molecule has 1 aliphatic rings. The lowest BCUT2D eigenvalue weighted by Gasteiger charge is -2.37. The molecule has 1 fully saturated rings. The van der Waals surface area contributed by atoms with Gasteiger partial charge in [-0.15, -0.1) is 12.4 Å². The van der Waals surface area contributed by atoms with Crippen LogP contribution in [-0.4, -0.2) is 59.0 Å². The van der Waals surface area contributed by atoms with Crippen LogP contribution in [0, 0.1) is 5.82 Å². The van der Waals surface area contributed by atoms with Crippen molar-refractivity contribution in [3.63, 3.8) is 0 Å². The molecule has 4 heterocycles. The maximum absolute atomic E-state index is 13.9. The number of benzene rings is 2. The molecule has 1 atom stereocenters. The number of nitrogens with one attached hydrogen (secondary N) is 2. The number of hydrogen-bond donors (Lipinski definition) is 2. The van der Waals surface area contributed by atoms with E-state index in [0.29, 0.717) is 43.0 Å². The average molecular weight is 523 g/mol. The first kappa shape index (κ1) is 24.7. The van der Waals surface area contributed by atoms with E-state index in [-0.39, 0.29) is 23.7 Å². The summed E-state index contributed by atoms with van der Waals surface area (Å²) in [6, 6.07) is 13.4. The monoisotopic (exact) mass is 522 g/mol. The smallest absolute Gasteiger partial charge is 0.362 e. The first-order chi connectivity index (χ1) is 17.6. The molecule has 6 rings (SSSR count). The van der Waals surface area contributed by atoms with E-state index in [1.165, 1.54) is 12.1 Å². The van der Waals surface area contributed by atoms with Crippen molar-refractivity contribution < 1.29 is 13.6 Å². The number of halogens is 2. The maximum atomic E-state index is 13.9. The summed E-state index contributed by atoms with van der Waals surface area (Å²) in [5.74, 6) is 0.977. The Bertz CT molecular complexity index is 1650. The Kier molecular flexibility index (Phi) is 6.77. The van der Waals surface area contributed by atoms with E-state index in [9.17, 15) is 14.0 Å². The van der Waals surface area contributed by atoms with Gasteiger partial charge in [-0.05, 0) is 35.7 Å². The van der Waals surface area contributed by atoms with Gasteiger partial charge in [-0.1, -0.05) is 18.2 Å². The van der Waals surface area contributed by atoms with Crippen LogP contribution in [0.5, 0.6) is 0 Å². The molecule has 0 aliphatic carbocycles. The molecule has 1 amide bonds. The molecular weight excluding hydrogens is 499 g/mol. The van der Waals surface area contributed by atoms with Gasteiger partial charge in [-0.3, -0.25) is 9.69 Å². The lowest BCUT2D eigenvalue weighted by atomic mass is 10.1. The van der Waals surface area contributed by atoms with Crippen molar-refractivity contribution >= 4 is 57.4 Å². The van der Waals surface area contributed by atoms with Crippen LogP contribution in [0.15, 0.2) is 63.9 Å². The molecule has 2 N–H and O–H groups in total. The highest BCUT2D eigenvalue weighted by Gasteiger charge is 2.25. The SMILES string of the molecule is Cl.O=CNC(CN1CCN(c2nccc3ccc(F)cc23)CC1)c1nc2c([nH]1)c(=O)oc1ccccc12. The summed E-state index contributed by atoms with van der Waals surface area (Å²) in [6.45, 7) is 3.34. The molecule has 1 aliphatic heterocycles. The van der Waals surface area contributed by atoms with Crippen LogP contribution < -0.4 is 15.8 Å². The van der Waals surface area contributed by atoms with Crippen molar-refractivity contribution in [3.05, 3.63) is 76.8 Å². The number of fused-ring (bicyclic) bond motifs is 4. The number of amides is 1. The van der Waals surface area contributed by atoms with Gasteiger partial charge in [0.25, 0.3) is 0 Å². The fourth-order valence-electron chi connectivity index (χ4n) is 4.88. The zero-order valence-corrected chi connectivity index (χ0v) is 20.5. The number of pyridine rings is 1. The largest absolute Gasteiger partial charge is 0.421 e. The Labute approximate surface area is 216 Å². The second kappa shape index (κ2) is 10.2. The van der Waals surface area contributed by atoms with Gasteiger partial charge in [0.05, 0.1) is 6.04 Å². The van der Waals surface area contributed by atoms with Gasteiger partial charge >= 0.3 is 5.63 Å². The van der Waals surface area contributed by atoms with Crippen LogP contribution in [0.3, 0.4) is 0 Å². The number of rotatable bonds is 6. The standard InChI is InChI=1S/C26H23FN6O3.ClH/c27-17-6-5-16-7-8-28-25(19(16)13-17)33-11-9-32(10-12-33)14-20(29-15-34)24-30-22-18-3-1-2-4-21(18)36-26(35)23(22)31-24;/h1-8,13,15,20H,9-12,14H2,(H,29,34)(H,30,31);1H. The second-order valence-corrected chi connectivity index (χ2v) is 8.86. The average Bonchev–Trinajstić information content (AvgIpc) is 3.35. The van der Waals surface area contributed by atoms with Crippen LogP contribution in [0.4, 0.5) is 10.2 Å². The first-order valence-corrected chi connectivity index (χ1v) is 11.7. The molecule has 0 saturated carbocycles. The van der Waals surface area contributed by atoms with Crippen LogP contribution in [0.2, 0.25) is 0 Å². The minimum absolute atomic E-state index is 0. The Morgan fingerprint density at radius 3 is 2.73 bits per heavy atom. The van der Waals surface area contributed by atoms with Crippen molar-refractivity contribution in [1.82, 2.24) is 25.2 Å². The third-order valence-corrected chi connectivity index (χ3v) is 6.69. The normalized spacial score (nSPS) is 15.1. The molecule has 3 aromatic heterocycles. The van der Waals surface area contributed by atoms with Gasteiger partial charge in [-0.2, -0.15) is 0 Å². The molecule has 37 heavy (non-hydrogen) atoms. The molecule has 190 valence electrons. The number of H-pyrrole nitrogens is 1. The van der Waals surface area contributed by atoms with Gasteiger partial charge in [0.1, 0.15) is 28.6 Å². The fourth-order valence-corrected chi connectivity index (χ4v) is 4.88. The predicted molar refractivity (Wildman–Crippen MR) is 142 cm³/mol. The summed E-state index contributed by atoms with van der Waals surface area (Å²) in [4.78, 5) is 40.5. The van der Waals surface area contributed by atoms with Crippen LogP contribution >= 0.6 is 12.4 Å². The zero-order chi connectivity index (χ0) is 24.6. The van der Waals surface area contributed by atoms with E-state index in [2.05, 4.69) is 30.1 Å². The molecule has 0 radical (unpaired) electrons. The fraction of sp³-hybridized carbons (Fsp3) is 0.231. The number of para-hydroxylation sites is 1. The van der Waals surface area contributed by atoms with E-state index in [1.54, 1.807) is 24.4 Å². The number of imidazole rings is 1. The van der Waals surface area contributed by atoms with Crippen LogP contribution in [0.25, 0.3) is 32.8 Å². The summed E-state index contributed by atoms with van der Waals surface area (Å²) in [5.41, 5.74) is 0.764. The second-order valence-electron chi connectivity index (χ2n) is 8.86. The van der Waals surface area contributed by atoms with Crippen LogP contribution in [-0.2, 0) is 4.79 Å². The molecule has 2 aromatic carbocycles. The van der Waals surface area contributed by atoms with E-state index < -0.39 is 11.7 Å². The van der Waals surface area contributed by atoms with Gasteiger partial charge in [0, 0.05) is 49.7 Å². The minimum Gasteiger partial charge on any atom is -0.421 e. The molecule has 1 unspecified atom stereocenters. The molecule has 0 bridgehead atoms. The van der Waals surface area contributed by atoms with Crippen LogP contribution in [0.1, 0.15) is 11.9 Å². The van der Waals surface area contributed by atoms with Crippen molar-refractivity contribution in [3.8, 4) is 0 Å². The van der Waals surface area contributed by atoms with Crippen molar-refractivity contribution in [1.29, 1.82) is 0 Å². The Morgan fingerprint density at radius 2 is 1.92 bits per heavy atom. The predicted octanol–water partition coefficient (Wildman–Crippen LogP) is 3.39. The topological polar surface area (TPSA) is 107 Å². The summed E-state index contributed by atoms with van der Waals surface area (Å²) in [6.07, 6.45) is 2.39. The van der Waals surface area contributed by atoms with Gasteiger partial charge in [-0.25, -0.2) is 19.2 Å². The summed E-state index contributed by atoms with van der Waals surface area (Å²) in [5, 5.41) is 5.30. The van der Waals surface area contributed by atoms with Crippen molar-refractivity contribution in [2.45, 2.75) is 6.04 Å². The molecule has 1 saturated heterocycles.